The maximum Gasteiger partial charge on any atom is 0.325 e. The van der Waals surface area contributed by atoms with Crippen molar-refractivity contribution in [1.29, 1.82) is 0 Å². The van der Waals surface area contributed by atoms with Crippen molar-refractivity contribution in [3.8, 4) is 34.3 Å². The minimum absolute atomic E-state index is 0.182. The SMILES string of the molecule is CCOC(=O)CNC(=O)N1CCc2c(-c3noc(-c4ccc(OCC)c(OCC)c4)n3)cccc21. The van der Waals surface area contributed by atoms with Crippen molar-refractivity contribution >= 4 is 17.7 Å². The number of hydrogen-bond acceptors (Lipinski definition) is 8. The van der Waals surface area contributed by atoms with Crippen LogP contribution in [0.5, 0.6) is 11.5 Å². The van der Waals surface area contributed by atoms with Crippen LogP contribution in [-0.2, 0) is 16.0 Å². The molecule has 184 valence electrons. The number of carbonyl (C=O) groups excluding carboxylic acids is 2. The molecule has 10 nitrogen and oxygen atoms in total. The Morgan fingerprint density at radius 3 is 2.63 bits per heavy atom. The zero-order chi connectivity index (χ0) is 24.8. The van der Waals surface area contributed by atoms with E-state index in [0.29, 0.717) is 55.0 Å². The van der Waals surface area contributed by atoms with E-state index in [4.69, 9.17) is 18.7 Å². The monoisotopic (exact) mass is 480 g/mol. The van der Waals surface area contributed by atoms with Gasteiger partial charge in [-0.1, -0.05) is 17.3 Å². The molecule has 2 amide bonds. The van der Waals surface area contributed by atoms with Crippen molar-refractivity contribution in [3.63, 3.8) is 0 Å². The number of esters is 1. The number of fused-ring (bicyclic) bond motifs is 1. The first-order valence-corrected chi connectivity index (χ1v) is 11.6. The molecular formula is C25H28N4O6. The van der Waals surface area contributed by atoms with Crippen LogP contribution in [0.4, 0.5) is 10.5 Å². The molecule has 0 radical (unpaired) electrons. The van der Waals surface area contributed by atoms with E-state index in [9.17, 15) is 9.59 Å². The molecule has 10 heteroatoms. The summed E-state index contributed by atoms with van der Waals surface area (Å²) in [5.74, 6) is 1.56. The van der Waals surface area contributed by atoms with Gasteiger partial charge in [-0.15, -0.1) is 0 Å². The number of hydrogen-bond donors (Lipinski definition) is 1. The van der Waals surface area contributed by atoms with E-state index in [1.807, 2.05) is 50.2 Å². The first-order valence-electron chi connectivity index (χ1n) is 11.6. The van der Waals surface area contributed by atoms with Gasteiger partial charge in [-0.3, -0.25) is 9.69 Å². The van der Waals surface area contributed by atoms with Gasteiger partial charge in [0.05, 0.1) is 19.8 Å². The lowest BCUT2D eigenvalue weighted by Crippen LogP contribution is -2.41. The Labute approximate surface area is 203 Å². The van der Waals surface area contributed by atoms with Crippen LogP contribution in [0.1, 0.15) is 26.3 Å². The van der Waals surface area contributed by atoms with E-state index in [-0.39, 0.29) is 19.2 Å². The highest BCUT2D eigenvalue weighted by atomic mass is 16.5. The molecule has 1 aliphatic heterocycles. The largest absolute Gasteiger partial charge is 0.490 e. The Morgan fingerprint density at radius 1 is 1.06 bits per heavy atom. The molecule has 0 unspecified atom stereocenters. The summed E-state index contributed by atoms with van der Waals surface area (Å²) in [5.41, 5.74) is 3.18. The molecule has 4 rings (SSSR count). The quantitative estimate of drug-likeness (QED) is 0.459. The molecule has 2 aromatic carbocycles. The molecular weight excluding hydrogens is 452 g/mol. The Morgan fingerprint density at radius 2 is 1.86 bits per heavy atom. The number of urea groups is 1. The van der Waals surface area contributed by atoms with Gasteiger partial charge in [0.25, 0.3) is 5.89 Å². The molecule has 1 aliphatic rings. The molecule has 3 aromatic rings. The van der Waals surface area contributed by atoms with E-state index in [2.05, 4.69) is 15.5 Å². The summed E-state index contributed by atoms with van der Waals surface area (Å²) in [6.07, 6.45) is 0.625. The van der Waals surface area contributed by atoms with Gasteiger partial charge in [0.15, 0.2) is 11.5 Å². The smallest absolute Gasteiger partial charge is 0.325 e. The van der Waals surface area contributed by atoms with Gasteiger partial charge < -0.3 is 24.1 Å². The van der Waals surface area contributed by atoms with Crippen molar-refractivity contribution < 1.29 is 28.3 Å². The van der Waals surface area contributed by atoms with E-state index in [1.165, 1.54) is 0 Å². The standard InChI is InChI=1S/C25H28N4O6/c1-4-32-20-11-10-16(14-21(20)33-5-2)24-27-23(28-35-24)18-8-7-9-19-17(18)12-13-29(19)25(31)26-15-22(30)34-6-3/h7-11,14H,4-6,12-13,15H2,1-3H3,(H,26,31). The summed E-state index contributed by atoms with van der Waals surface area (Å²) in [5, 5.41) is 6.79. The highest BCUT2D eigenvalue weighted by Crippen LogP contribution is 2.37. The molecule has 0 atom stereocenters. The van der Waals surface area contributed by atoms with Crippen LogP contribution in [0.3, 0.4) is 0 Å². The zero-order valence-corrected chi connectivity index (χ0v) is 20.0. The minimum atomic E-state index is -0.477. The average Bonchev–Trinajstić information content (AvgIpc) is 3.52. The second-order valence-electron chi connectivity index (χ2n) is 7.62. The number of ether oxygens (including phenoxy) is 3. The van der Waals surface area contributed by atoms with Crippen LogP contribution < -0.4 is 19.7 Å². The molecule has 1 N–H and O–H groups in total. The second kappa shape index (κ2) is 10.9. The Balaban J connectivity index is 1.56. The van der Waals surface area contributed by atoms with Gasteiger partial charge >= 0.3 is 12.0 Å². The summed E-state index contributed by atoms with van der Waals surface area (Å²) in [7, 11) is 0. The lowest BCUT2D eigenvalue weighted by Gasteiger charge is -2.18. The van der Waals surface area contributed by atoms with Crippen LogP contribution in [0.15, 0.2) is 40.9 Å². The van der Waals surface area contributed by atoms with Crippen molar-refractivity contribution in [2.24, 2.45) is 0 Å². The fourth-order valence-electron chi connectivity index (χ4n) is 3.94. The zero-order valence-electron chi connectivity index (χ0n) is 20.0. The van der Waals surface area contributed by atoms with Crippen molar-refractivity contribution in [1.82, 2.24) is 15.5 Å². The van der Waals surface area contributed by atoms with Crippen LogP contribution in [0.25, 0.3) is 22.8 Å². The maximum atomic E-state index is 12.6. The van der Waals surface area contributed by atoms with Gasteiger partial charge in [-0.25, -0.2) is 4.79 Å². The van der Waals surface area contributed by atoms with E-state index in [0.717, 1.165) is 16.8 Å². The van der Waals surface area contributed by atoms with Crippen molar-refractivity contribution in [2.45, 2.75) is 27.2 Å². The third-order valence-electron chi connectivity index (χ3n) is 5.42. The molecule has 0 fully saturated rings. The van der Waals surface area contributed by atoms with Crippen LogP contribution in [0, 0.1) is 0 Å². The van der Waals surface area contributed by atoms with Crippen molar-refractivity contribution in [3.05, 3.63) is 42.0 Å². The molecule has 0 saturated carbocycles. The van der Waals surface area contributed by atoms with E-state index >= 15 is 0 Å². The van der Waals surface area contributed by atoms with Crippen LogP contribution >= 0.6 is 0 Å². The molecule has 0 aliphatic carbocycles. The number of aromatic nitrogens is 2. The summed E-state index contributed by atoms with van der Waals surface area (Å²) < 4.78 is 21.7. The molecule has 35 heavy (non-hydrogen) atoms. The third-order valence-corrected chi connectivity index (χ3v) is 5.42. The molecule has 2 heterocycles. The van der Waals surface area contributed by atoms with Gasteiger partial charge in [0.1, 0.15) is 6.54 Å². The Kier molecular flexibility index (Phi) is 7.49. The number of amides is 2. The molecule has 0 saturated heterocycles. The molecule has 1 aromatic heterocycles. The lowest BCUT2D eigenvalue weighted by atomic mass is 10.0. The summed E-state index contributed by atoms with van der Waals surface area (Å²) >= 11 is 0. The average molecular weight is 481 g/mol. The minimum Gasteiger partial charge on any atom is -0.490 e. The predicted octanol–water partition coefficient (Wildman–Crippen LogP) is 3.84. The van der Waals surface area contributed by atoms with Gasteiger partial charge in [0.2, 0.25) is 5.82 Å². The molecule has 0 bridgehead atoms. The second-order valence-corrected chi connectivity index (χ2v) is 7.62. The van der Waals surface area contributed by atoms with E-state index < -0.39 is 5.97 Å². The fourth-order valence-corrected chi connectivity index (χ4v) is 3.94. The third kappa shape index (κ3) is 5.21. The Hall–Kier alpha value is -4.08. The fraction of sp³-hybridized carbons (Fsp3) is 0.360. The van der Waals surface area contributed by atoms with Gasteiger partial charge in [-0.05, 0) is 57.0 Å². The summed E-state index contributed by atoms with van der Waals surface area (Å²) in [6, 6.07) is 10.7. The van der Waals surface area contributed by atoms with Crippen molar-refractivity contribution in [2.75, 3.05) is 37.8 Å². The number of nitrogens with one attached hydrogen (secondary N) is 1. The maximum absolute atomic E-state index is 12.6. The van der Waals surface area contributed by atoms with Gasteiger partial charge in [0, 0.05) is 23.4 Å². The first kappa shape index (κ1) is 24.1. The highest BCUT2D eigenvalue weighted by molar-refractivity contribution is 5.97. The number of benzene rings is 2. The number of nitrogens with zero attached hydrogens (tertiary/aromatic N) is 3. The molecule has 0 spiro atoms. The first-order chi connectivity index (χ1) is 17.0. The van der Waals surface area contributed by atoms with Gasteiger partial charge in [-0.2, -0.15) is 4.98 Å². The van der Waals surface area contributed by atoms with E-state index in [1.54, 1.807) is 11.8 Å². The topological polar surface area (TPSA) is 116 Å². The normalized spacial score (nSPS) is 12.3. The highest BCUT2D eigenvalue weighted by Gasteiger charge is 2.28. The number of rotatable bonds is 9. The summed E-state index contributed by atoms with van der Waals surface area (Å²) in [4.78, 5) is 30.4. The number of carbonyl (C=O) groups is 2. The summed E-state index contributed by atoms with van der Waals surface area (Å²) in [6.45, 7) is 7.12. The number of anilines is 1. The lowest BCUT2D eigenvalue weighted by molar-refractivity contribution is -0.141. The van der Waals surface area contributed by atoms with Crippen LogP contribution in [-0.4, -0.2) is 55.1 Å². The predicted molar refractivity (Wildman–Crippen MR) is 129 cm³/mol. The van der Waals surface area contributed by atoms with Crippen LogP contribution in [0.2, 0.25) is 0 Å². The Bertz CT molecular complexity index is 1210.